The molecule has 0 spiro atoms. The minimum Gasteiger partial charge on any atom is -0.341 e. The van der Waals surface area contributed by atoms with Gasteiger partial charge in [0.15, 0.2) is 0 Å². The van der Waals surface area contributed by atoms with Crippen molar-refractivity contribution in [3.05, 3.63) is 0 Å². The molecule has 0 aliphatic rings. The van der Waals surface area contributed by atoms with E-state index in [0.29, 0.717) is 5.92 Å². The van der Waals surface area contributed by atoms with Crippen molar-refractivity contribution in [2.75, 3.05) is 13.1 Å². The summed E-state index contributed by atoms with van der Waals surface area (Å²) in [6.45, 7) is 9.41. The molecule has 0 saturated carbocycles. The molecule has 0 bridgehead atoms. The first-order valence-corrected chi connectivity index (χ1v) is 4.85. The van der Waals surface area contributed by atoms with Crippen LogP contribution in [0, 0.1) is 5.92 Å². The van der Waals surface area contributed by atoms with Crippen molar-refractivity contribution in [1.29, 1.82) is 0 Å². The zero-order valence-corrected chi connectivity index (χ0v) is 9.06. The third-order valence-corrected chi connectivity index (χ3v) is 1.81. The average molecular weight is 192 g/mol. The summed E-state index contributed by atoms with van der Waals surface area (Å²) in [7, 11) is 0. The van der Waals surface area contributed by atoms with Gasteiger partial charge < -0.3 is 4.90 Å². The summed E-state index contributed by atoms with van der Waals surface area (Å²) in [6, 6.07) is 0. The smallest absolute Gasteiger partial charge is 0.240 e. The Morgan fingerprint density at radius 3 is 2.17 bits per heavy atom. The highest BCUT2D eigenvalue weighted by molar-refractivity contribution is 6.30. The number of rotatable bonds is 4. The molecule has 2 nitrogen and oxygen atoms in total. The van der Waals surface area contributed by atoms with Crippen molar-refractivity contribution in [3.8, 4) is 0 Å². The molecule has 0 aliphatic carbocycles. The lowest BCUT2D eigenvalue weighted by Gasteiger charge is -2.23. The fourth-order valence-electron chi connectivity index (χ4n) is 1.07. The molecule has 0 rings (SSSR count). The van der Waals surface area contributed by atoms with Gasteiger partial charge in [-0.1, -0.05) is 13.8 Å². The van der Waals surface area contributed by atoms with E-state index in [4.69, 9.17) is 11.6 Å². The summed E-state index contributed by atoms with van der Waals surface area (Å²) in [5, 5.41) is -0.399. The topological polar surface area (TPSA) is 20.3 Å². The van der Waals surface area contributed by atoms with Crippen LogP contribution in [-0.2, 0) is 4.79 Å². The van der Waals surface area contributed by atoms with Crippen molar-refractivity contribution in [3.63, 3.8) is 0 Å². The first kappa shape index (κ1) is 11.8. The van der Waals surface area contributed by atoms with Gasteiger partial charge in [0.2, 0.25) is 5.91 Å². The van der Waals surface area contributed by atoms with E-state index in [0.717, 1.165) is 13.1 Å². The number of hydrogen-bond acceptors (Lipinski definition) is 1. The molecule has 0 aromatic carbocycles. The first-order chi connectivity index (χ1) is 5.49. The Hall–Kier alpha value is -0.240. The van der Waals surface area contributed by atoms with Crippen LogP contribution in [-0.4, -0.2) is 29.3 Å². The molecular weight excluding hydrogens is 174 g/mol. The third kappa shape index (κ3) is 3.96. The molecule has 0 aromatic heterocycles. The molecule has 1 atom stereocenters. The molecular formula is C9H18ClNO. The Balaban J connectivity index is 4.06. The fourth-order valence-corrected chi connectivity index (χ4v) is 1.21. The highest BCUT2D eigenvalue weighted by Gasteiger charge is 2.17. The van der Waals surface area contributed by atoms with Crippen molar-refractivity contribution in [2.24, 2.45) is 5.92 Å². The van der Waals surface area contributed by atoms with Crippen molar-refractivity contribution >= 4 is 17.5 Å². The zero-order chi connectivity index (χ0) is 9.72. The standard InChI is InChI=1S/C9H18ClNO/c1-5-11(6-7(2)3)9(12)8(4)10/h7-8H,5-6H2,1-4H3. The largest absolute Gasteiger partial charge is 0.341 e. The Morgan fingerprint density at radius 1 is 1.42 bits per heavy atom. The molecule has 0 radical (unpaired) electrons. The van der Waals surface area contributed by atoms with Gasteiger partial charge in [-0.2, -0.15) is 0 Å². The Kier molecular flexibility index (Phi) is 5.31. The number of nitrogens with zero attached hydrogens (tertiary/aromatic N) is 1. The molecule has 12 heavy (non-hydrogen) atoms. The van der Waals surface area contributed by atoms with Gasteiger partial charge in [-0.15, -0.1) is 11.6 Å². The summed E-state index contributed by atoms with van der Waals surface area (Å²) in [5.74, 6) is 0.539. The maximum atomic E-state index is 11.4. The quantitative estimate of drug-likeness (QED) is 0.624. The van der Waals surface area contributed by atoms with Crippen LogP contribution >= 0.6 is 11.6 Å². The second kappa shape index (κ2) is 5.41. The van der Waals surface area contributed by atoms with E-state index in [2.05, 4.69) is 13.8 Å². The monoisotopic (exact) mass is 191 g/mol. The molecule has 0 fully saturated rings. The normalized spacial score (nSPS) is 13.2. The molecule has 1 amide bonds. The molecule has 0 saturated heterocycles. The molecule has 0 aromatic rings. The number of amides is 1. The van der Waals surface area contributed by atoms with Crippen LogP contribution in [0.2, 0.25) is 0 Å². The van der Waals surface area contributed by atoms with Gasteiger partial charge in [0.05, 0.1) is 0 Å². The Bertz CT molecular complexity index is 145. The second-order valence-corrected chi connectivity index (χ2v) is 4.04. The Labute approximate surface area is 79.9 Å². The van der Waals surface area contributed by atoms with Crippen LogP contribution in [0.15, 0.2) is 0 Å². The summed E-state index contributed by atoms with van der Waals surface area (Å²) in [6.07, 6.45) is 0. The Morgan fingerprint density at radius 2 is 1.92 bits per heavy atom. The number of alkyl halides is 1. The molecule has 0 N–H and O–H groups in total. The van der Waals surface area contributed by atoms with E-state index in [1.807, 2.05) is 6.92 Å². The lowest BCUT2D eigenvalue weighted by molar-refractivity contribution is -0.130. The van der Waals surface area contributed by atoms with Crippen LogP contribution in [0.1, 0.15) is 27.7 Å². The number of carbonyl (C=O) groups excluding carboxylic acids is 1. The fraction of sp³-hybridized carbons (Fsp3) is 0.889. The SMILES string of the molecule is CCN(CC(C)C)C(=O)C(C)Cl. The van der Waals surface area contributed by atoms with Crippen LogP contribution in [0.25, 0.3) is 0 Å². The predicted molar refractivity (Wildman–Crippen MR) is 52.4 cm³/mol. The van der Waals surface area contributed by atoms with Crippen LogP contribution < -0.4 is 0 Å². The van der Waals surface area contributed by atoms with Gasteiger partial charge in [0.1, 0.15) is 5.38 Å². The van der Waals surface area contributed by atoms with Gasteiger partial charge in [0.25, 0.3) is 0 Å². The van der Waals surface area contributed by atoms with E-state index in [1.54, 1.807) is 11.8 Å². The highest BCUT2D eigenvalue weighted by Crippen LogP contribution is 2.04. The van der Waals surface area contributed by atoms with Crippen LogP contribution in [0.3, 0.4) is 0 Å². The maximum Gasteiger partial charge on any atom is 0.240 e. The first-order valence-electron chi connectivity index (χ1n) is 4.41. The molecule has 3 heteroatoms. The summed E-state index contributed by atoms with van der Waals surface area (Å²) in [4.78, 5) is 13.2. The lowest BCUT2D eigenvalue weighted by Crippen LogP contribution is -2.38. The number of hydrogen-bond donors (Lipinski definition) is 0. The molecule has 0 aliphatic heterocycles. The van der Waals surface area contributed by atoms with Gasteiger partial charge in [0, 0.05) is 13.1 Å². The molecule has 1 unspecified atom stereocenters. The van der Waals surface area contributed by atoms with Crippen molar-refractivity contribution in [1.82, 2.24) is 4.90 Å². The molecule has 0 heterocycles. The predicted octanol–water partition coefficient (Wildman–Crippen LogP) is 2.12. The van der Waals surface area contributed by atoms with Crippen LogP contribution in [0.4, 0.5) is 0 Å². The van der Waals surface area contributed by atoms with Gasteiger partial charge in [-0.25, -0.2) is 0 Å². The maximum absolute atomic E-state index is 11.4. The van der Waals surface area contributed by atoms with E-state index >= 15 is 0 Å². The minimum absolute atomic E-state index is 0.0351. The average Bonchev–Trinajstić information content (AvgIpc) is 1.98. The van der Waals surface area contributed by atoms with E-state index in [-0.39, 0.29) is 5.91 Å². The van der Waals surface area contributed by atoms with Gasteiger partial charge in [-0.05, 0) is 19.8 Å². The highest BCUT2D eigenvalue weighted by atomic mass is 35.5. The van der Waals surface area contributed by atoms with Crippen molar-refractivity contribution < 1.29 is 4.79 Å². The lowest BCUT2D eigenvalue weighted by atomic mass is 10.2. The summed E-state index contributed by atoms with van der Waals surface area (Å²) >= 11 is 5.69. The zero-order valence-electron chi connectivity index (χ0n) is 8.30. The van der Waals surface area contributed by atoms with E-state index < -0.39 is 5.38 Å². The van der Waals surface area contributed by atoms with Gasteiger partial charge in [-0.3, -0.25) is 4.79 Å². The second-order valence-electron chi connectivity index (χ2n) is 3.39. The minimum atomic E-state index is -0.399. The molecule has 72 valence electrons. The summed E-state index contributed by atoms with van der Waals surface area (Å²) in [5.41, 5.74) is 0. The summed E-state index contributed by atoms with van der Waals surface area (Å²) < 4.78 is 0. The third-order valence-electron chi connectivity index (χ3n) is 1.62. The number of carbonyl (C=O) groups is 1. The number of halogens is 1. The van der Waals surface area contributed by atoms with E-state index in [1.165, 1.54) is 0 Å². The van der Waals surface area contributed by atoms with Gasteiger partial charge >= 0.3 is 0 Å². The van der Waals surface area contributed by atoms with Crippen LogP contribution in [0.5, 0.6) is 0 Å². The van der Waals surface area contributed by atoms with Crippen molar-refractivity contribution in [2.45, 2.75) is 33.1 Å². The van der Waals surface area contributed by atoms with E-state index in [9.17, 15) is 4.79 Å².